The predicted octanol–water partition coefficient (Wildman–Crippen LogP) is 3.41. The summed E-state index contributed by atoms with van der Waals surface area (Å²) in [6.07, 6.45) is 3.67. The summed E-state index contributed by atoms with van der Waals surface area (Å²) in [6, 6.07) is 6.05. The van der Waals surface area contributed by atoms with Gasteiger partial charge in [0, 0.05) is 23.6 Å². The standard InChI is InChI=1S/C15H18BrClN2O/c16-13-5-3-4-12(14(13)17)15(20)19-9-6-11(10-19)18-7-1-2-8-18/h3-5,11H,1-2,6-10H2. The average molecular weight is 358 g/mol. The molecule has 5 heteroatoms. The number of rotatable bonds is 2. The van der Waals surface area contributed by atoms with Crippen LogP contribution in [0, 0.1) is 0 Å². The van der Waals surface area contributed by atoms with Gasteiger partial charge in [0.05, 0.1) is 10.6 Å². The molecule has 0 saturated carbocycles. The number of nitrogens with zero attached hydrogens (tertiary/aromatic N) is 2. The molecule has 2 saturated heterocycles. The quantitative estimate of drug-likeness (QED) is 0.810. The molecule has 1 aromatic carbocycles. The molecule has 1 atom stereocenters. The van der Waals surface area contributed by atoms with E-state index in [1.54, 1.807) is 6.07 Å². The first-order chi connectivity index (χ1) is 9.66. The van der Waals surface area contributed by atoms with E-state index in [1.165, 1.54) is 25.9 Å². The summed E-state index contributed by atoms with van der Waals surface area (Å²) >= 11 is 9.60. The van der Waals surface area contributed by atoms with E-state index in [0.717, 1.165) is 24.0 Å². The molecule has 108 valence electrons. The van der Waals surface area contributed by atoms with Gasteiger partial charge in [-0.05, 0) is 60.4 Å². The minimum atomic E-state index is 0.0537. The minimum Gasteiger partial charge on any atom is -0.337 e. The van der Waals surface area contributed by atoms with Crippen molar-refractivity contribution in [1.82, 2.24) is 9.80 Å². The van der Waals surface area contributed by atoms with Gasteiger partial charge in [0.15, 0.2) is 0 Å². The number of carbonyl (C=O) groups excluding carboxylic acids is 1. The highest BCUT2D eigenvalue weighted by molar-refractivity contribution is 9.10. The van der Waals surface area contributed by atoms with Crippen molar-refractivity contribution in [3.63, 3.8) is 0 Å². The molecule has 1 unspecified atom stereocenters. The molecule has 0 spiro atoms. The van der Waals surface area contributed by atoms with E-state index in [-0.39, 0.29) is 5.91 Å². The Morgan fingerprint density at radius 2 is 2.00 bits per heavy atom. The van der Waals surface area contributed by atoms with E-state index in [0.29, 0.717) is 16.6 Å². The summed E-state index contributed by atoms with van der Waals surface area (Å²) in [5, 5.41) is 0.516. The summed E-state index contributed by atoms with van der Waals surface area (Å²) in [5.74, 6) is 0.0537. The van der Waals surface area contributed by atoms with E-state index in [4.69, 9.17) is 11.6 Å². The molecule has 3 rings (SSSR count). The van der Waals surface area contributed by atoms with Gasteiger partial charge in [0.1, 0.15) is 0 Å². The molecule has 2 heterocycles. The molecule has 0 radical (unpaired) electrons. The van der Waals surface area contributed by atoms with Crippen LogP contribution in [0.4, 0.5) is 0 Å². The highest BCUT2D eigenvalue weighted by Gasteiger charge is 2.32. The second-order valence-electron chi connectivity index (χ2n) is 5.54. The van der Waals surface area contributed by atoms with Gasteiger partial charge in [-0.3, -0.25) is 9.69 Å². The Labute approximate surface area is 133 Å². The zero-order chi connectivity index (χ0) is 14.1. The first-order valence-corrected chi connectivity index (χ1v) is 8.31. The predicted molar refractivity (Wildman–Crippen MR) is 84.3 cm³/mol. The lowest BCUT2D eigenvalue weighted by Gasteiger charge is -2.23. The highest BCUT2D eigenvalue weighted by atomic mass is 79.9. The summed E-state index contributed by atoms with van der Waals surface area (Å²) in [6.45, 7) is 4.04. The fourth-order valence-corrected chi connectivity index (χ4v) is 3.74. The third kappa shape index (κ3) is 2.74. The molecule has 20 heavy (non-hydrogen) atoms. The number of benzene rings is 1. The van der Waals surface area contributed by atoms with Gasteiger partial charge in [-0.25, -0.2) is 0 Å². The first-order valence-electron chi connectivity index (χ1n) is 7.14. The SMILES string of the molecule is O=C(c1cccc(Br)c1Cl)N1CCC(N2CCCC2)C1. The van der Waals surface area contributed by atoms with Crippen molar-refractivity contribution >= 4 is 33.4 Å². The lowest BCUT2D eigenvalue weighted by molar-refractivity contribution is 0.0780. The Balaban J connectivity index is 1.70. The van der Waals surface area contributed by atoms with Gasteiger partial charge in [0.2, 0.25) is 0 Å². The van der Waals surface area contributed by atoms with Gasteiger partial charge in [-0.15, -0.1) is 0 Å². The van der Waals surface area contributed by atoms with E-state index >= 15 is 0 Å². The number of likely N-dealkylation sites (tertiary alicyclic amines) is 2. The van der Waals surface area contributed by atoms with Gasteiger partial charge in [0.25, 0.3) is 5.91 Å². The Hall–Kier alpha value is -0.580. The van der Waals surface area contributed by atoms with Crippen molar-refractivity contribution in [2.45, 2.75) is 25.3 Å². The van der Waals surface area contributed by atoms with Crippen LogP contribution in [0.3, 0.4) is 0 Å². The molecule has 2 aliphatic rings. The van der Waals surface area contributed by atoms with E-state index in [2.05, 4.69) is 20.8 Å². The van der Waals surface area contributed by atoms with E-state index in [9.17, 15) is 4.79 Å². The maximum atomic E-state index is 12.6. The molecule has 0 aliphatic carbocycles. The Morgan fingerprint density at radius 1 is 1.25 bits per heavy atom. The van der Waals surface area contributed by atoms with Crippen LogP contribution in [0.25, 0.3) is 0 Å². The molecule has 0 aromatic heterocycles. The number of amides is 1. The van der Waals surface area contributed by atoms with Crippen LogP contribution >= 0.6 is 27.5 Å². The fraction of sp³-hybridized carbons (Fsp3) is 0.533. The highest BCUT2D eigenvalue weighted by Crippen LogP contribution is 2.28. The maximum absolute atomic E-state index is 12.6. The van der Waals surface area contributed by atoms with Crippen LogP contribution in [-0.4, -0.2) is 47.9 Å². The third-order valence-electron chi connectivity index (χ3n) is 4.29. The van der Waals surface area contributed by atoms with Crippen LogP contribution in [0.5, 0.6) is 0 Å². The maximum Gasteiger partial charge on any atom is 0.255 e. The van der Waals surface area contributed by atoms with Crippen LogP contribution in [0.2, 0.25) is 5.02 Å². The van der Waals surface area contributed by atoms with Crippen molar-refractivity contribution in [3.8, 4) is 0 Å². The van der Waals surface area contributed by atoms with E-state index in [1.807, 2.05) is 17.0 Å². The zero-order valence-electron chi connectivity index (χ0n) is 11.3. The largest absolute Gasteiger partial charge is 0.337 e. The molecule has 1 amide bonds. The van der Waals surface area contributed by atoms with Gasteiger partial charge in [-0.1, -0.05) is 17.7 Å². The number of carbonyl (C=O) groups is 1. The molecule has 2 aliphatic heterocycles. The van der Waals surface area contributed by atoms with Crippen molar-refractivity contribution in [2.24, 2.45) is 0 Å². The summed E-state index contributed by atoms with van der Waals surface area (Å²) < 4.78 is 0.778. The van der Waals surface area contributed by atoms with Crippen molar-refractivity contribution in [3.05, 3.63) is 33.3 Å². The van der Waals surface area contributed by atoms with Crippen molar-refractivity contribution in [2.75, 3.05) is 26.2 Å². The molecule has 0 N–H and O–H groups in total. The molecule has 0 bridgehead atoms. The Kier molecular flexibility index (Phi) is 4.34. The lowest BCUT2D eigenvalue weighted by atomic mass is 10.2. The van der Waals surface area contributed by atoms with Gasteiger partial charge >= 0.3 is 0 Å². The van der Waals surface area contributed by atoms with Crippen LogP contribution in [0.1, 0.15) is 29.6 Å². The van der Waals surface area contributed by atoms with E-state index < -0.39 is 0 Å². The summed E-state index contributed by atoms with van der Waals surface area (Å²) in [7, 11) is 0. The molecule has 1 aromatic rings. The monoisotopic (exact) mass is 356 g/mol. The molecular formula is C15H18BrClN2O. The molecule has 2 fully saturated rings. The topological polar surface area (TPSA) is 23.6 Å². The van der Waals surface area contributed by atoms with Crippen LogP contribution in [0.15, 0.2) is 22.7 Å². The summed E-state index contributed by atoms with van der Waals surface area (Å²) in [4.78, 5) is 17.0. The normalized spacial score (nSPS) is 23.5. The van der Waals surface area contributed by atoms with Crippen molar-refractivity contribution in [1.29, 1.82) is 0 Å². The number of hydrogen-bond donors (Lipinski definition) is 0. The van der Waals surface area contributed by atoms with Gasteiger partial charge < -0.3 is 4.90 Å². The molecular weight excluding hydrogens is 340 g/mol. The minimum absolute atomic E-state index is 0.0537. The Morgan fingerprint density at radius 3 is 2.75 bits per heavy atom. The van der Waals surface area contributed by atoms with Gasteiger partial charge in [-0.2, -0.15) is 0 Å². The Bertz CT molecular complexity index is 517. The average Bonchev–Trinajstić information content (AvgIpc) is 3.11. The summed E-state index contributed by atoms with van der Waals surface area (Å²) in [5.41, 5.74) is 0.600. The second kappa shape index (κ2) is 6.04. The first kappa shape index (κ1) is 14.4. The van der Waals surface area contributed by atoms with Crippen LogP contribution < -0.4 is 0 Å². The molecule has 3 nitrogen and oxygen atoms in total. The second-order valence-corrected chi connectivity index (χ2v) is 6.77. The zero-order valence-corrected chi connectivity index (χ0v) is 13.7. The lowest BCUT2D eigenvalue weighted by Crippen LogP contribution is -2.37. The number of hydrogen-bond acceptors (Lipinski definition) is 2. The third-order valence-corrected chi connectivity index (χ3v) is 5.59. The van der Waals surface area contributed by atoms with Crippen molar-refractivity contribution < 1.29 is 4.79 Å². The smallest absolute Gasteiger partial charge is 0.255 e. The van der Waals surface area contributed by atoms with Crippen LogP contribution in [-0.2, 0) is 0 Å². The fourth-order valence-electron chi connectivity index (χ4n) is 3.17. The number of halogens is 2.